The number of aliphatic hydroxyl groups excluding tert-OH is 1. The van der Waals surface area contributed by atoms with E-state index in [4.69, 9.17) is 0 Å². The van der Waals surface area contributed by atoms with E-state index in [0.717, 1.165) is 25.8 Å². The predicted molar refractivity (Wildman–Crippen MR) is 70.9 cm³/mol. The summed E-state index contributed by atoms with van der Waals surface area (Å²) in [5.74, 6) is 0.0355. The summed E-state index contributed by atoms with van der Waals surface area (Å²) in [4.78, 5) is 11.7. The smallest absolute Gasteiger partial charge is 0.220 e. The first kappa shape index (κ1) is 16.4. The van der Waals surface area contributed by atoms with E-state index in [9.17, 15) is 9.90 Å². The molecule has 1 amide bonds. The molecule has 0 rings (SSSR count). The van der Waals surface area contributed by atoms with Gasteiger partial charge in [0.15, 0.2) is 0 Å². The number of carbonyl (C=O) groups excluding carboxylic acids is 1. The van der Waals surface area contributed by atoms with Gasteiger partial charge in [-0.3, -0.25) is 4.79 Å². The molecule has 0 bridgehead atoms. The first-order valence-electron chi connectivity index (χ1n) is 6.65. The summed E-state index contributed by atoms with van der Waals surface area (Å²) in [5.41, 5.74) is -0.428. The highest BCUT2D eigenvalue weighted by molar-refractivity contribution is 5.76. The van der Waals surface area contributed by atoms with Crippen molar-refractivity contribution >= 4 is 5.91 Å². The van der Waals surface area contributed by atoms with E-state index in [1.165, 1.54) is 0 Å². The van der Waals surface area contributed by atoms with Crippen LogP contribution in [0, 0.1) is 0 Å². The van der Waals surface area contributed by atoms with Gasteiger partial charge in [-0.2, -0.15) is 0 Å². The van der Waals surface area contributed by atoms with Crippen LogP contribution in [0.15, 0.2) is 0 Å². The quantitative estimate of drug-likeness (QED) is 0.538. The maximum absolute atomic E-state index is 11.7. The van der Waals surface area contributed by atoms with Crippen molar-refractivity contribution in [2.75, 3.05) is 13.2 Å². The molecule has 0 spiro atoms. The van der Waals surface area contributed by atoms with Gasteiger partial charge in [0.25, 0.3) is 0 Å². The number of aliphatic hydroxyl groups is 1. The van der Waals surface area contributed by atoms with Gasteiger partial charge in [0, 0.05) is 12.5 Å². The maximum atomic E-state index is 11.7. The Morgan fingerprint density at radius 2 is 1.88 bits per heavy atom. The minimum absolute atomic E-state index is 0.00990. The summed E-state index contributed by atoms with van der Waals surface area (Å²) < 4.78 is 0. The zero-order valence-electron chi connectivity index (χ0n) is 11.7. The van der Waals surface area contributed by atoms with Crippen LogP contribution in [0.4, 0.5) is 0 Å². The molecule has 0 radical (unpaired) electrons. The average Bonchev–Trinajstić information content (AvgIpc) is 2.32. The van der Waals surface area contributed by atoms with Gasteiger partial charge in [0.05, 0.1) is 12.1 Å². The molecule has 0 aromatic carbocycles. The number of hydrogen-bond donors (Lipinski definition) is 3. The lowest BCUT2D eigenvalue weighted by atomic mass is 9.93. The monoisotopic (exact) mass is 244 g/mol. The third kappa shape index (κ3) is 6.64. The largest absolute Gasteiger partial charge is 0.394 e. The van der Waals surface area contributed by atoms with Crippen LogP contribution in [0.1, 0.15) is 53.4 Å². The van der Waals surface area contributed by atoms with Crippen LogP contribution in [-0.2, 0) is 4.79 Å². The van der Waals surface area contributed by atoms with Crippen molar-refractivity contribution in [1.82, 2.24) is 10.6 Å². The number of rotatable bonds is 9. The number of nitrogens with one attached hydrogen (secondary N) is 2. The third-order valence-electron chi connectivity index (χ3n) is 3.19. The highest BCUT2D eigenvalue weighted by Crippen LogP contribution is 2.14. The minimum atomic E-state index is -0.428. The average molecular weight is 244 g/mol. The van der Waals surface area contributed by atoms with Crippen LogP contribution in [0.5, 0.6) is 0 Å². The SMILES string of the molecule is CCC(CC)(CO)NC(=O)CCCNC(C)C. The van der Waals surface area contributed by atoms with Gasteiger partial charge >= 0.3 is 0 Å². The van der Waals surface area contributed by atoms with Crippen molar-refractivity contribution in [1.29, 1.82) is 0 Å². The molecule has 17 heavy (non-hydrogen) atoms. The molecule has 0 aliphatic carbocycles. The fraction of sp³-hybridized carbons (Fsp3) is 0.923. The highest BCUT2D eigenvalue weighted by Gasteiger charge is 2.26. The summed E-state index contributed by atoms with van der Waals surface area (Å²) in [6, 6.07) is 0.459. The van der Waals surface area contributed by atoms with Crippen molar-refractivity contribution in [2.24, 2.45) is 0 Å². The molecule has 0 aliphatic rings. The van der Waals surface area contributed by atoms with E-state index < -0.39 is 5.54 Å². The molecule has 0 aromatic rings. The maximum Gasteiger partial charge on any atom is 0.220 e. The molecule has 0 atom stereocenters. The van der Waals surface area contributed by atoms with Gasteiger partial charge in [-0.25, -0.2) is 0 Å². The summed E-state index contributed by atoms with van der Waals surface area (Å²) in [6.07, 6.45) is 2.87. The van der Waals surface area contributed by atoms with Crippen molar-refractivity contribution in [2.45, 2.75) is 65.0 Å². The van der Waals surface area contributed by atoms with Crippen molar-refractivity contribution in [3.63, 3.8) is 0 Å². The molecular weight excluding hydrogens is 216 g/mol. The highest BCUT2D eigenvalue weighted by atomic mass is 16.3. The molecule has 0 saturated heterocycles. The minimum Gasteiger partial charge on any atom is -0.394 e. The van der Waals surface area contributed by atoms with Gasteiger partial charge in [0.2, 0.25) is 5.91 Å². The lowest BCUT2D eigenvalue weighted by molar-refractivity contribution is -0.123. The van der Waals surface area contributed by atoms with Crippen LogP contribution in [0.2, 0.25) is 0 Å². The zero-order valence-corrected chi connectivity index (χ0v) is 11.7. The molecule has 0 heterocycles. The van der Waals surface area contributed by atoms with Crippen molar-refractivity contribution in [3.8, 4) is 0 Å². The fourth-order valence-electron chi connectivity index (χ4n) is 1.69. The molecule has 0 unspecified atom stereocenters. The second kappa shape index (κ2) is 8.48. The molecule has 4 heteroatoms. The van der Waals surface area contributed by atoms with Gasteiger partial charge in [-0.1, -0.05) is 27.7 Å². The Morgan fingerprint density at radius 3 is 2.29 bits per heavy atom. The second-order valence-corrected chi connectivity index (χ2v) is 4.91. The molecule has 0 aliphatic heterocycles. The van der Waals surface area contributed by atoms with Gasteiger partial charge < -0.3 is 15.7 Å². The predicted octanol–water partition coefficient (Wildman–Crippen LogP) is 1.43. The summed E-state index contributed by atoms with van der Waals surface area (Å²) in [6.45, 7) is 9.02. The van der Waals surface area contributed by atoms with E-state index in [1.807, 2.05) is 13.8 Å². The summed E-state index contributed by atoms with van der Waals surface area (Å²) in [7, 11) is 0. The molecule has 0 fully saturated rings. The summed E-state index contributed by atoms with van der Waals surface area (Å²) in [5, 5.41) is 15.6. The van der Waals surface area contributed by atoms with Crippen LogP contribution in [0.3, 0.4) is 0 Å². The van der Waals surface area contributed by atoms with Crippen molar-refractivity contribution < 1.29 is 9.90 Å². The van der Waals surface area contributed by atoms with E-state index >= 15 is 0 Å². The molecule has 3 N–H and O–H groups in total. The first-order chi connectivity index (χ1) is 7.99. The van der Waals surface area contributed by atoms with E-state index in [2.05, 4.69) is 24.5 Å². The van der Waals surface area contributed by atoms with Crippen molar-refractivity contribution in [3.05, 3.63) is 0 Å². The lowest BCUT2D eigenvalue weighted by Gasteiger charge is -2.30. The van der Waals surface area contributed by atoms with Gasteiger partial charge in [0.1, 0.15) is 0 Å². The van der Waals surface area contributed by atoms with Crippen LogP contribution in [0.25, 0.3) is 0 Å². The third-order valence-corrected chi connectivity index (χ3v) is 3.19. The number of hydrogen-bond acceptors (Lipinski definition) is 3. The molecule has 0 saturated carbocycles. The molecule has 0 aromatic heterocycles. The van der Waals surface area contributed by atoms with Crippen LogP contribution in [-0.4, -0.2) is 35.7 Å². The lowest BCUT2D eigenvalue weighted by Crippen LogP contribution is -2.50. The molecule has 4 nitrogen and oxygen atoms in total. The van der Waals surface area contributed by atoms with Crippen LogP contribution < -0.4 is 10.6 Å². The number of carbonyl (C=O) groups is 1. The molecule has 102 valence electrons. The number of amides is 1. The Balaban J connectivity index is 3.91. The van der Waals surface area contributed by atoms with Gasteiger partial charge in [-0.05, 0) is 25.8 Å². The standard InChI is InChI=1S/C13H28N2O2/c1-5-13(6-2,10-16)15-12(17)8-7-9-14-11(3)4/h11,14,16H,5-10H2,1-4H3,(H,15,17). The molecular formula is C13H28N2O2. The first-order valence-corrected chi connectivity index (χ1v) is 6.65. The van der Waals surface area contributed by atoms with Crippen LogP contribution >= 0.6 is 0 Å². The van der Waals surface area contributed by atoms with E-state index in [1.54, 1.807) is 0 Å². The van der Waals surface area contributed by atoms with Gasteiger partial charge in [-0.15, -0.1) is 0 Å². The Hall–Kier alpha value is -0.610. The van der Waals surface area contributed by atoms with E-state index in [-0.39, 0.29) is 12.5 Å². The van der Waals surface area contributed by atoms with E-state index in [0.29, 0.717) is 12.5 Å². The zero-order chi connectivity index (χ0) is 13.3. The Labute approximate surface area is 105 Å². The fourth-order valence-corrected chi connectivity index (χ4v) is 1.69. The Morgan fingerprint density at radius 1 is 1.29 bits per heavy atom. The normalized spacial score (nSPS) is 11.9. The Kier molecular flexibility index (Phi) is 8.17. The second-order valence-electron chi connectivity index (χ2n) is 4.91. The summed E-state index contributed by atoms with van der Waals surface area (Å²) >= 11 is 0. The Bertz CT molecular complexity index is 205. The topological polar surface area (TPSA) is 61.4 Å².